The Balaban J connectivity index is 1.94. The molecule has 1 aromatic heterocycles. The second kappa shape index (κ2) is 7.68. The van der Waals surface area contributed by atoms with Crippen molar-refractivity contribution in [3.63, 3.8) is 0 Å². The molecule has 0 fully saturated rings. The first-order valence-corrected chi connectivity index (χ1v) is 9.08. The lowest BCUT2D eigenvalue weighted by Crippen LogP contribution is -2.18. The molecule has 0 aliphatic carbocycles. The lowest BCUT2D eigenvalue weighted by Gasteiger charge is -2.16. The number of benzene rings is 2. The van der Waals surface area contributed by atoms with E-state index in [-0.39, 0.29) is 5.78 Å². The number of thiophene rings is 1. The highest BCUT2D eigenvalue weighted by Gasteiger charge is 2.19. The first-order valence-electron chi connectivity index (χ1n) is 8.26. The quantitative estimate of drug-likeness (QED) is 0.370. The maximum Gasteiger partial charge on any atom is 0.219 e. The van der Waals surface area contributed by atoms with Crippen LogP contribution in [0.2, 0.25) is 0 Å². The van der Waals surface area contributed by atoms with Crippen LogP contribution >= 0.6 is 11.3 Å². The van der Waals surface area contributed by atoms with Gasteiger partial charge in [-0.05, 0) is 49.2 Å². The van der Waals surface area contributed by atoms with E-state index in [9.17, 15) is 9.90 Å². The second-order valence-corrected chi connectivity index (χ2v) is 7.26. The fourth-order valence-electron chi connectivity index (χ4n) is 2.50. The zero-order valence-electron chi connectivity index (χ0n) is 14.7. The summed E-state index contributed by atoms with van der Waals surface area (Å²) in [6.45, 7) is 7.27. The van der Waals surface area contributed by atoms with Crippen molar-refractivity contribution in [2.24, 2.45) is 0 Å². The molecular formula is C22H20O3S. The molecule has 3 nitrogen and oxygen atoms in total. The largest absolute Gasteiger partial charge is 0.460 e. The maximum absolute atomic E-state index is 13.0. The Bertz CT molecular complexity index is 941. The van der Waals surface area contributed by atoms with E-state index in [2.05, 4.69) is 6.58 Å². The third-order valence-corrected chi connectivity index (χ3v) is 5.06. The van der Waals surface area contributed by atoms with Crippen molar-refractivity contribution >= 4 is 17.1 Å². The van der Waals surface area contributed by atoms with Crippen molar-refractivity contribution in [1.29, 1.82) is 0 Å². The van der Waals surface area contributed by atoms with E-state index in [0.29, 0.717) is 21.8 Å². The molecule has 3 aromatic rings. The molecule has 26 heavy (non-hydrogen) atoms. The number of ketones is 1. The van der Waals surface area contributed by atoms with Gasteiger partial charge in [0, 0.05) is 4.88 Å². The SMILES string of the molecule is C=C(C)C(O)Oc1ccc(C)cc1C(=O)c1ccc(-c2ccccc2)s1. The Labute approximate surface area is 157 Å². The number of aryl methyl sites for hydroxylation is 1. The van der Waals surface area contributed by atoms with Gasteiger partial charge in [0.05, 0.1) is 10.4 Å². The zero-order chi connectivity index (χ0) is 18.7. The van der Waals surface area contributed by atoms with Gasteiger partial charge in [0.1, 0.15) is 5.75 Å². The molecule has 3 rings (SSSR count). The minimum atomic E-state index is -1.15. The molecule has 0 bridgehead atoms. The molecule has 0 saturated carbocycles. The first kappa shape index (κ1) is 18.1. The third kappa shape index (κ3) is 3.93. The summed E-state index contributed by atoms with van der Waals surface area (Å²) in [6, 6.07) is 19.1. The number of carbonyl (C=O) groups excluding carboxylic acids is 1. The molecule has 0 radical (unpaired) electrons. The van der Waals surface area contributed by atoms with E-state index in [1.165, 1.54) is 11.3 Å². The van der Waals surface area contributed by atoms with Gasteiger partial charge in [-0.15, -0.1) is 11.3 Å². The summed E-state index contributed by atoms with van der Waals surface area (Å²) in [7, 11) is 0. The molecule has 1 unspecified atom stereocenters. The summed E-state index contributed by atoms with van der Waals surface area (Å²) >= 11 is 1.44. The van der Waals surface area contributed by atoms with E-state index in [0.717, 1.165) is 16.0 Å². The monoisotopic (exact) mass is 364 g/mol. The first-order chi connectivity index (χ1) is 12.5. The van der Waals surface area contributed by atoms with Crippen molar-refractivity contribution in [2.75, 3.05) is 0 Å². The van der Waals surface area contributed by atoms with Gasteiger partial charge in [0.25, 0.3) is 0 Å². The molecular weight excluding hydrogens is 344 g/mol. The molecule has 0 amide bonds. The van der Waals surface area contributed by atoms with Crippen LogP contribution in [0.3, 0.4) is 0 Å². The summed E-state index contributed by atoms with van der Waals surface area (Å²) in [5.41, 5.74) is 2.94. The molecule has 1 N–H and O–H groups in total. The summed E-state index contributed by atoms with van der Waals surface area (Å²) in [5, 5.41) is 9.95. The standard InChI is InChI=1S/C22H20O3S/c1-14(2)22(24)25-18-10-9-15(3)13-17(18)21(23)20-12-11-19(26-20)16-7-5-4-6-8-16/h4-13,22,24H,1H2,2-3H3. The van der Waals surface area contributed by atoms with E-state index >= 15 is 0 Å². The van der Waals surface area contributed by atoms with Gasteiger partial charge in [-0.25, -0.2) is 0 Å². The zero-order valence-corrected chi connectivity index (χ0v) is 15.5. The van der Waals surface area contributed by atoms with Gasteiger partial charge in [0.2, 0.25) is 12.1 Å². The van der Waals surface area contributed by atoms with Gasteiger partial charge in [0.15, 0.2) is 0 Å². The number of hydrogen-bond donors (Lipinski definition) is 1. The molecule has 0 saturated heterocycles. The van der Waals surface area contributed by atoms with Gasteiger partial charge >= 0.3 is 0 Å². The van der Waals surface area contributed by atoms with E-state index in [1.54, 1.807) is 19.1 Å². The fraction of sp³-hybridized carbons (Fsp3) is 0.136. The van der Waals surface area contributed by atoms with Crippen LogP contribution in [0.5, 0.6) is 5.75 Å². The Kier molecular flexibility index (Phi) is 5.35. The van der Waals surface area contributed by atoms with Crippen LogP contribution in [0.1, 0.15) is 27.7 Å². The van der Waals surface area contributed by atoms with Crippen LogP contribution in [-0.2, 0) is 0 Å². The van der Waals surface area contributed by atoms with Crippen molar-refractivity contribution in [3.8, 4) is 16.2 Å². The molecule has 0 spiro atoms. The van der Waals surface area contributed by atoms with Gasteiger partial charge in [-0.3, -0.25) is 4.79 Å². The molecule has 4 heteroatoms. The van der Waals surface area contributed by atoms with Crippen molar-refractivity contribution in [1.82, 2.24) is 0 Å². The Morgan fingerprint density at radius 3 is 2.54 bits per heavy atom. The fourth-order valence-corrected chi connectivity index (χ4v) is 3.46. The predicted molar refractivity (Wildman–Crippen MR) is 106 cm³/mol. The second-order valence-electron chi connectivity index (χ2n) is 6.18. The maximum atomic E-state index is 13.0. The van der Waals surface area contributed by atoms with Gasteiger partial charge in [-0.1, -0.05) is 48.5 Å². The van der Waals surface area contributed by atoms with Crippen LogP contribution in [-0.4, -0.2) is 17.2 Å². The van der Waals surface area contributed by atoms with Crippen LogP contribution in [0.15, 0.2) is 72.8 Å². The van der Waals surface area contributed by atoms with Crippen LogP contribution in [0.4, 0.5) is 0 Å². The lowest BCUT2D eigenvalue weighted by molar-refractivity contribution is 0.0146. The average Bonchev–Trinajstić information content (AvgIpc) is 3.13. The minimum absolute atomic E-state index is 0.121. The minimum Gasteiger partial charge on any atom is -0.460 e. The molecule has 1 atom stereocenters. The van der Waals surface area contributed by atoms with Crippen LogP contribution in [0.25, 0.3) is 10.4 Å². The van der Waals surface area contributed by atoms with E-state index < -0.39 is 6.29 Å². The smallest absolute Gasteiger partial charge is 0.219 e. The van der Waals surface area contributed by atoms with E-state index in [4.69, 9.17) is 4.74 Å². The predicted octanol–water partition coefficient (Wildman–Crippen LogP) is 5.23. The summed E-state index contributed by atoms with van der Waals surface area (Å²) in [5.74, 6) is 0.232. The lowest BCUT2D eigenvalue weighted by atomic mass is 10.1. The molecule has 2 aromatic carbocycles. The number of hydrogen-bond acceptors (Lipinski definition) is 4. The third-order valence-electron chi connectivity index (χ3n) is 3.93. The highest BCUT2D eigenvalue weighted by atomic mass is 32.1. The molecule has 0 aliphatic heterocycles. The number of carbonyl (C=O) groups is 1. The Morgan fingerprint density at radius 1 is 1.12 bits per heavy atom. The van der Waals surface area contributed by atoms with Gasteiger partial charge in [-0.2, -0.15) is 0 Å². The van der Waals surface area contributed by atoms with Crippen LogP contribution < -0.4 is 4.74 Å². The van der Waals surface area contributed by atoms with Crippen molar-refractivity contribution in [2.45, 2.75) is 20.1 Å². The molecule has 0 aliphatic rings. The molecule has 132 valence electrons. The number of aliphatic hydroxyl groups is 1. The Hall–Kier alpha value is -2.69. The van der Waals surface area contributed by atoms with Crippen LogP contribution in [0, 0.1) is 6.92 Å². The molecule has 1 heterocycles. The Morgan fingerprint density at radius 2 is 1.85 bits per heavy atom. The number of ether oxygens (including phenoxy) is 1. The highest BCUT2D eigenvalue weighted by molar-refractivity contribution is 7.17. The normalized spacial score (nSPS) is 11.8. The summed E-state index contributed by atoms with van der Waals surface area (Å²) < 4.78 is 5.54. The van der Waals surface area contributed by atoms with Gasteiger partial charge < -0.3 is 9.84 Å². The topological polar surface area (TPSA) is 46.5 Å². The average molecular weight is 364 g/mol. The highest BCUT2D eigenvalue weighted by Crippen LogP contribution is 2.32. The van der Waals surface area contributed by atoms with Crippen molar-refractivity contribution in [3.05, 3.63) is 88.8 Å². The van der Waals surface area contributed by atoms with Crippen molar-refractivity contribution < 1.29 is 14.6 Å². The number of aliphatic hydroxyl groups excluding tert-OH is 1. The van der Waals surface area contributed by atoms with E-state index in [1.807, 2.05) is 55.5 Å². The summed E-state index contributed by atoms with van der Waals surface area (Å²) in [4.78, 5) is 14.7. The number of rotatable bonds is 6. The summed E-state index contributed by atoms with van der Waals surface area (Å²) in [6.07, 6.45) is -1.15.